The number of carbonyl (C=O) groups is 1. The Bertz CT molecular complexity index is 447. The van der Waals surface area contributed by atoms with E-state index in [0.29, 0.717) is 18.9 Å². The van der Waals surface area contributed by atoms with E-state index in [0.717, 1.165) is 38.2 Å². The first kappa shape index (κ1) is 15.0. The topological polar surface area (TPSA) is 50.2 Å². The van der Waals surface area contributed by atoms with Crippen LogP contribution in [0.25, 0.3) is 0 Å². The Balaban J connectivity index is 1.66. The van der Waals surface area contributed by atoms with E-state index < -0.39 is 0 Å². The van der Waals surface area contributed by atoms with E-state index in [1.54, 1.807) is 0 Å². The summed E-state index contributed by atoms with van der Waals surface area (Å²) < 4.78 is 2.09. The summed E-state index contributed by atoms with van der Waals surface area (Å²) in [5.41, 5.74) is 2.23. The lowest BCUT2D eigenvalue weighted by molar-refractivity contribution is -0.122. The van der Waals surface area contributed by atoms with Crippen LogP contribution >= 0.6 is 0 Å². The van der Waals surface area contributed by atoms with Gasteiger partial charge in [0.2, 0.25) is 5.91 Å². The average Bonchev–Trinajstić information content (AvgIpc) is 2.73. The summed E-state index contributed by atoms with van der Waals surface area (Å²) in [7, 11) is 2.14. The number of aryl methyl sites for hydroxylation is 1. The molecule has 112 valence electrons. The van der Waals surface area contributed by atoms with Crippen LogP contribution in [0.15, 0.2) is 6.33 Å². The SMILES string of the molecule is Cc1ncn(CCNC(=O)CC2CCN(C)CC2)c1C. The van der Waals surface area contributed by atoms with Crippen molar-refractivity contribution in [2.45, 2.75) is 39.7 Å². The van der Waals surface area contributed by atoms with E-state index in [2.05, 4.69) is 33.7 Å². The number of aromatic nitrogens is 2. The van der Waals surface area contributed by atoms with Gasteiger partial charge in [0.25, 0.3) is 0 Å². The summed E-state index contributed by atoms with van der Waals surface area (Å²) in [4.78, 5) is 18.5. The standard InChI is InChI=1S/C15H26N4O/c1-12-13(2)19(11-17-12)9-6-16-15(20)10-14-4-7-18(3)8-5-14/h11,14H,4-10H2,1-3H3,(H,16,20). The first-order valence-electron chi connectivity index (χ1n) is 7.50. The molecule has 0 atom stereocenters. The number of hydrogen-bond donors (Lipinski definition) is 1. The minimum atomic E-state index is 0.189. The Morgan fingerprint density at radius 2 is 2.10 bits per heavy atom. The molecule has 1 N–H and O–H groups in total. The smallest absolute Gasteiger partial charge is 0.220 e. The molecule has 1 aromatic heterocycles. The van der Waals surface area contributed by atoms with Gasteiger partial charge in [0.05, 0.1) is 12.0 Å². The Morgan fingerprint density at radius 3 is 2.70 bits per heavy atom. The fourth-order valence-corrected chi connectivity index (χ4v) is 2.69. The molecule has 1 aliphatic rings. The van der Waals surface area contributed by atoms with Gasteiger partial charge in [-0.3, -0.25) is 4.79 Å². The molecule has 2 heterocycles. The molecule has 1 amide bonds. The maximum absolute atomic E-state index is 11.9. The van der Waals surface area contributed by atoms with E-state index in [1.165, 1.54) is 5.69 Å². The number of nitrogens with one attached hydrogen (secondary N) is 1. The van der Waals surface area contributed by atoms with Crippen LogP contribution < -0.4 is 5.32 Å². The third kappa shape index (κ3) is 4.07. The second-order valence-electron chi connectivity index (χ2n) is 5.91. The van der Waals surface area contributed by atoms with Gasteiger partial charge in [-0.2, -0.15) is 0 Å². The van der Waals surface area contributed by atoms with Crippen molar-refractivity contribution in [3.05, 3.63) is 17.7 Å². The van der Waals surface area contributed by atoms with Gasteiger partial charge in [0, 0.05) is 25.2 Å². The molecule has 1 saturated heterocycles. The Labute approximate surface area is 121 Å². The van der Waals surface area contributed by atoms with Crippen LogP contribution in [0.2, 0.25) is 0 Å². The number of amides is 1. The summed E-state index contributed by atoms with van der Waals surface area (Å²) >= 11 is 0. The Morgan fingerprint density at radius 1 is 1.40 bits per heavy atom. The fourth-order valence-electron chi connectivity index (χ4n) is 2.69. The van der Waals surface area contributed by atoms with Crippen LogP contribution in [0.1, 0.15) is 30.7 Å². The summed E-state index contributed by atoms with van der Waals surface area (Å²) in [5.74, 6) is 0.748. The van der Waals surface area contributed by atoms with Gasteiger partial charge in [-0.05, 0) is 52.7 Å². The lowest BCUT2D eigenvalue weighted by Crippen LogP contribution is -2.34. The second-order valence-corrected chi connectivity index (χ2v) is 5.91. The minimum Gasteiger partial charge on any atom is -0.354 e. The lowest BCUT2D eigenvalue weighted by atomic mass is 9.93. The number of likely N-dealkylation sites (tertiary alicyclic amines) is 1. The van der Waals surface area contributed by atoms with Crippen molar-refractivity contribution in [2.24, 2.45) is 5.92 Å². The molecule has 0 aliphatic carbocycles. The van der Waals surface area contributed by atoms with Crippen molar-refractivity contribution < 1.29 is 4.79 Å². The van der Waals surface area contributed by atoms with Gasteiger partial charge >= 0.3 is 0 Å². The molecule has 1 fully saturated rings. The predicted octanol–water partition coefficient (Wildman–Crippen LogP) is 1.35. The zero-order valence-electron chi connectivity index (χ0n) is 12.9. The van der Waals surface area contributed by atoms with Crippen LogP contribution in [-0.2, 0) is 11.3 Å². The zero-order valence-corrected chi connectivity index (χ0v) is 12.9. The highest BCUT2D eigenvalue weighted by Gasteiger charge is 2.19. The van der Waals surface area contributed by atoms with E-state index in [1.807, 2.05) is 13.3 Å². The van der Waals surface area contributed by atoms with Crippen LogP contribution in [0.4, 0.5) is 0 Å². The maximum atomic E-state index is 11.9. The van der Waals surface area contributed by atoms with Crippen molar-refractivity contribution in [1.29, 1.82) is 0 Å². The molecule has 1 aliphatic heterocycles. The fraction of sp³-hybridized carbons (Fsp3) is 0.733. The molecule has 0 unspecified atom stereocenters. The molecule has 5 nitrogen and oxygen atoms in total. The van der Waals surface area contributed by atoms with Crippen molar-refractivity contribution in [3.8, 4) is 0 Å². The molecule has 5 heteroatoms. The molecule has 0 radical (unpaired) electrons. The van der Waals surface area contributed by atoms with E-state index in [-0.39, 0.29) is 5.91 Å². The van der Waals surface area contributed by atoms with Gasteiger partial charge in [-0.1, -0.05) is 0 Å². The molecule has 0 bridgehead atoms. The van der Waals surface area contributed by atoms with Crippen LogP contribution in [0, 0.1) is 19.8 Å². The maximum Gasteiger partial charge on any atom is 0.220 e. The van der Waals surface area contributed by atoms with Crippen LogP contribution in [0.5, 0.6) is 0 Å². The lowest BCUT2D eigenvalue weighted by Gasteiger charge is -2.28. The van der Waals surface area contributed by atoms with Gasteiger partial charge in [-0.15, -0.1) is 0 Å². The van der Waals surface area contributed by atoms with Gasteiger partial charge < -0.3 is 14.8 Å². The van der Waals surface area contributed by atoms with Crippen molar-refractivity contribution in [1.82, 2.24) is 19.8 Å². The summed E-state index contributed by atoms with van der Waals surface area (Å²) in [6, 6.07) is 0. The summed E-state index contributed by atoms with van der Waals surface area (Å²) in [6.07, 6.45) is 4.80. The summed E-state index contributed by atoms with van der Waals surface area (Å²) in [6.45, 7) is 7.78. The zero-order chi connectivity index (χ0) is 14.5. The highest BCUT2D eigenvalue weighted by atomic mass is 16.1. The first-order valence-corrected chi connectivity index (χ1v) is 7.50. The monoisotopic (exact) mass is 278 g/mol. The van der Waals surface area contributed by atoms with Gasteiger partial charge in [0.15, 0.2) is 0 Å². The second kappa shape index (κ2) is 6.88. The summed E-state index contributed by atoms with van der Waals surface area (Å²) in [5, 5.41) is 3.02. The van der Waals surface area contributed by atoms with Crippen LogP contribution in [0.3, 0.4) is 0 Å². The third-order valence-electron chi connectivity index (χ3n) is 4.33. The highest BCUT2D eigenvalue weighted by molar-refractivity contribution is 5.76. The number of hydrogen-bond acceptors (Lipinski definition) is 3. The first-order chi connectivity index (χ1) is 9.56. The molecule has 0 saturated carbocycles. The normalized spacial score (nSPS) is 17.4. The highest BCUT2D eigenvalue weighted by Crippen LogP contribution is 2.19. The molecule has 20 heavy (non-hydrogen) atoms. The molecule has 2 rings (SSSR count). The quantitative estimate of drug-likeness (QED) is 0.884. The number of nitrogens with zero attached hydrogens (tertiary/aromatic N) is 3. The predicted molar refractivity (Wildman–Crippen MR) is 79.5 cm³/mol. The van der Waals surface area contributed by atoms with E-state index in [9.17, 15) is 4.79 Å². The number of carbonyl (C=O) groups excluding carboxylic acids is 1. The van der Waals surface area contributed by atoms with E-state index >= 15 is 0 Å². The number of imidazole rings is 1. The number of rotatable bonds is 5. The molecular weight excluding hydrogens is 252 g/mol. The minimum absolute atomic E-state index is 0.189. The third-order valence-corrected chi connectivity index (χ3v) is 4.33. The van der Waals surface area contributed by atoms with Crippen LogP contribution in [-0.4, -0.2) is 47.0 Å². The van der Waals surface area contributed by atoms with Crippen molar-refractivity contribution in [3.63, 3.8) is 0 Å². The molecular formula is C15H26N4O. The molecule has 0 spiro atoms. The molecule has 1 aromatic rings. The van der Waals surface area contributed by atoms with Crippen molar-refractivity contribution >= 4 is 5.91 Å². The van der Waals surface area contributed by atoms with E-state index in [4.69, 9.17) is 0 Å². The van der Waals surface area contributed by atoms with Gasteiger partial charge in [-0.25, -0.2) is 4.98 Å². The molecule has 0 aromatic carbocycles. The van der Waals surface area contributed by atoms with Gasteiger partial charge in [0.1, 0.15) is 0 Å². The Kier molecular flexibility index (Phi) is 5.17. The van der Waals surface area contributed by atoms with Crippen molar-refractivity contribution in [2.75, 3.05) is 26.7 Å². The largest absolute Gasteiger partial charge is 0.354 e. The Hall–Kier alpha value is -1.36. The average molecular weight is 278 g/mol. The number of piperidine rings is 1.